The average Bonchev–Trinajstić information content (AvgIpc) is 3.43. The number of hydrogen-bond donors (Lipinski definition) is 0. The zero-order chi connectivity index (χ0) is 34.1. The van der Waals surface area contributed by atoms with Crippen LogP contribution in [0, 0.1) is 0 Å². The van der Waals surface area contributed by atoms with Crippen molar-refractivity contribution in [2.24, 2.45) is 0 Å². The van der Waals surface area contributed by atoms with Crippen LogP contribution in [-0.4, -0.2) is 0 Å². The maximum Gasteiger partial charge on any atom is 0.0165 e. The molecule has 0 unspecified atom stereocenters. The van der Waals surface area contributed by atoms with E-state index in [4.69, 9.17) is 0 Å². The van der Waals surface area contributed by atoms with Crippen molar-refractivity contribution in [3.63, 3.8) is 0 Å². The number of rotatable bonds is 4. The van der Waals surface area contributed by atoms with Crippen molar-refractivity contribution in [2.45, 2.75) is 19.3 Å². The molecule has 0 radical (unpaired) electrons. The Bertz CT molecular complexity index is 2760. The normalized spacial score (nSPS) is 13.1. The Kier molecular flexibility index (Phi) is 6.63. The van der Waals surface area contributed by atoms with Crippen LogP contribution in [0.25, 0.3) is 88.0 Å². The van der Waals surface area contributed by atoms with Gasteiger partial charge in [-0.2, -0.15) is 0 Å². The van der Waals surface area contributed by atoms with E-state index in [1.54, 1.807) is 0 Å². The third kappa shape index (κ3) is 4.53. The van der Waals surface area contributed by atoms with E-state index in [9.17, 15) is 0 Å². The highest BCUT2D eigenvalue weighted by Crippen LogP contribution is 2.52. The van der Waals surface area contributed by atoms with E-state index in [0.29, 0.717) is 0 Å². The van der Waals surface area contributed by atoms with Gasteiger partial charge in [0, 0.05) is 5.41 Å². The van der Waals surface area contributed by atoms with E-state index in [-0.39, 0.29) is 5.41 Å². The Labute approximate surface area is 299 Å². The monoisotopic (exact) mass is 648 g/mol. The van der Waals surface area contributed by atoms with Crippen LogP contribution in [0.3, 0.4) is 0 Å². The first-order valence-corrected chi connectivity index (χ1v) is 17.9. The van der Waals surface area contributed by atoms with Crippen LogP contribution in [-0.2, 0) is 5.41 Å². The predicted octanol–water partition coefficient (Wildman–Crippen LogP) is 14.1. The lowest BCUT2D eigenvalue weighted by atomic mass is 9.80. The lowest BCUT2D eigenvalue weighted by Gasteiger charge is -2.23. The molecule has 0 saturated heterocycles. The molecule has 10 rings (SSSR count). The molecule has 0 heterocycles. The minimum Gasteiger partial charge on any atom is -0.0622 e. The molecule has 0 saturated carbocycles. The molecule has 9 aromatic carbocycles. The van der Waals surface area contributed by atoms with Crippen LogP contribution >= 0.6 is 0 Å². The minimum atomic E-state index is -0.0649. The summed E-state index contributed by atoms with van der Waals surface area (Å²) in [4.78, 5) is 0. The standard InChI is InChI=1S/C51H36/c1-51(2)47-30-28-36(32-46(47)45-29-27-34-17-6-7-21-39(34)50(45)51)35-18-14-19-37(31-35)48-41-23-10-12-25-43(41)49(44-26-13-11-24-42(44)48)40-22-9-8-20-38(40)33-15-4-3-5-16-33/h3-32H,1-2H3. The van der Waals surface area contributed by atoms with Crippen LogP contribution in [0.15, 0.2) is 182 Å². The molecule has 1 aliphatic rings. The third-order valence-electron chi connectivity index (χ3n) is 11.2. The largest absolute Gasteiger partial charge is 0.0622 e. The lowest BCUT2D eigenvalue weighted by molar-refractivity contribution is 0.666. The van der Waals surface area contributed by atoms with Crippen molar-refractivity contribution in [2.75, 3.05) is 0 Å². The van der Waals surface area contributed by atoms with Crippen LogP contribution < -0.4 is 0 Å². The molecular weight excluding hydrogens is 613 g/mol. The van der Waals surface area contributed by atoms with Gasteiger partial charge in [0.15, 0.2) is 0 Å². The highest BCUT2D eigenvalue weighted by Gasteiger charge is 2.37. The molecule has 0 N–H and O–H groups in total. The van der Waals surface area contributed by atoms with E-state index in [2.05, 4.69) is 196 Å². The number of hydrogen-bond acceptors (Lipinski definition) is 0. The van der Waals surface area contributed by atoms with E-state index in [1.165, 1.54) is 99.1 Å². The van der Waals surface area contributed by atoms with Gasteiger partial charge in [-0.1, -0.05) is 184 Å². The summed E-state index contributed by atoms with van der Waals surface area (Å²) in [6, 6.07) is 67.3. The molecule has 0 bridgehead atoms. The quantitative estimate of drug-likeness (QED) is 0.167. The van der Waals surface area contributed by atoms with E-state index in [0.717, 1.165) is 0 Å². The van der Waals surface area contributed by atoms with Crippen molar-refractivity contribution < 1.29 is 0 Å². The Morgan fingerprint density at radius 2 is 0.863 bits per heavy atom. The van der Waals surface area contributed by atoms with Crippen LogP contribution in [0.4, 0.5) is 0 Å². The maximum absolute atomic E-state index is 2.43. The Hall–Kier alpha value is -6.24. The molecule has 0 atom stereocenters. The molecule has 0 nitrogen and oxygen atoms in total. The number of fused-ring (bicyclic) bond motifs is 7. The average molecular weight is 649 g/mol. The molecule has 9 aromatic rings. The second kappa shape index (κ2) is 11.4. The summed E-state index contributed by atoms with van der Waals surface area (Å²) in [5.74, 6) is 0. The van der Waals surface area contributed by atoms with Crippen molar-refractivity contribution in [1.82, 2.24) is 0 Å². The van der Waals surface area contributed by atoms with Gasteiger partial charge in [0.2, 0.25) is 0 Å². The second-order valence-electron chi connectivity index (χ2n) is 14.4. The summed E-state index contributed by atoms with van der Waals surface area (Å²) in [6.45, 7) is 4.76. The lowest BCUT2D eigenvalue weighted by Crippen LogP contribution is -2.15. The molecule has 0 aliphatic heterocycles. The molecule has 0 fully saturated rings. The maximum atomic E-state index is 2.43. The van der Waals surface area contributed by atoms with E-state index in [1.807, 2.05) is 0 Å². The van der Waals surface area contributed by atoms with Crippen molar-refractivity contribution in [3.8, 4) is 55.6 Å². The SMILES string of the molecule is CC1(C)c2ccc(-c3cccc(-c4c5ccccc5c(-c5ccccc5-c5ccccc5)c5ccccc45)c3)cc2-c2ccc3ccccc3c21. The summed E-state index contributed by atoms with van der Waals surface area (Å²) in [5.41, 5.74) is 15.5. The zero-order valence-corrected chi connectivity index (χ0v) is 28.8. The summed E-state index contributed by atoms with van der Waals surface area (Å²) in [7, 11) is 0. The summed E-state index contributed by atoms with van der Waals surface area (Å²) < 4.78 is 0. The molecule has 240 valence electrons. The van der Waals surface area contributed by atoms with Crippen molar-refractivity contribution in [1.29, 1.82) is 0 Å². The molecule has 51 heavy (non-hydrogen) atoms. The number of benzene rings is 9. The Morgan fingerprint density at radius 1 is 0.314 bits per heavy atom. The Balaban J connectivity index is 1.17. The Morgan fingerprint density at radius 3 is 1.59 bits per heavy atom. The van der Waals surface area contributed by atoms with Gasteiger partial charge < -0.3 is 0 Å². The van der Waals surface area contributed by atoms with Gasteiger partial charge in [-0.15, -0.1) is 0 Å². The van der Waals surface area contributed by atoms with E-state index >= 15 is 0 Å². The third-order valence-corrected chi connectivity index (χ3v) is 11.2. The zero-order valence-electron chi connectivity index (χ0n) is 28.8. The van der Waals surface area contributed by atoms with E-state index < -0.39 is 0 Å². The van der Waals surface area contributed by atoms with Gasteiger partial charge in [0.1, 0.15) is 0 Å². The summed E-state index contributed by atoms with van der Waals surface area (Å²) in [5, 5.41) is 7.73. The summed E-state index contributed by atoms with van der Waals surface area (Å²) >= 11 is 0. The smallest absolute Gasteiger partial charge is 0.0165 e. The highest BCUT2D eigenvalue weighted by atomic mass is 14.4. The minimum absolute atomic E-state index is 0.0649. The molecule has 0 spiro atoms. The van der Waals surface area contributed by atoms with Crippen molar-refractivity contribution >= 4 is 32.3 Å². The highest BCUT2D eigenvalue weighted by molar-refractivity contribution is 6.22. The fourth-order valence-electron chi connectivity index (χ4n) is 8.95. The fraction of sp³-hybridized carbons (Fsp3) is 0.0588. The first-order valence-electron chi connectivity index (χ1n) is 17.9. The van der Waals surface area contributed by atoms with Crippen LogP contribution in [0.5, 0.6) is 0 Å². The van der Waals surface area contributed by atoms with Gasteiger partial charge in [-0.05, 0) is 111 Å². The first kappa shape index (κ1) is 29.7. The molecule has 1 aliphatic carbocycles. The van der Waals surface area contributed by atoms with Crippen LogP contribution in [0.2, 0.25) is 0 Å². The van der Waals surface area contributed by atoms with Gasteiger partial charge >= 0.3 is 0 Å². The predicted molar refractivity (Wildman–Crippen MR) is 218 cm³/mol. The van der Waals surface area contributed by atoms with Gasteiger partial charge in [-0.25, -0.2) is 0 Å². The second-order valence-corrected chi connectivity index (χ2v) is 14.4. The molecule has 0 heteroatoms. The first-order chi connectivity index (χ1) is 25.1. The van der Waals surface area contributed by atoms with Gasteiger partial charge in [0.25, 0.3) is 0 Å². The summed E-state index contributed by atoms with van der Waals surface area (Å²) in [6.07, 6.45) is 0. The molecular formula is C51H36. The molecule has 0 aromatic heterocycles. The molecule has 0 amide bonds. The van der Waals surface area contributed by atoms with Gasteiger partial charge in [-0.3, -0.25) is 0 Å². The van der Waals surface area contributed by atoms with Crippen molar-refractivity contribution in [3.05, 3.63) is 193 Å². The topological polar surface area (TPSA) is 0 Å². The van der Waals surface area contributed by atoms with Crippen LogP contribution in [0.1, 0.15) is 25.0 Å². The van der Waals surface area contributed by atoms with Gasteiger partial charge in [0.05, 0.1) is 0 Å². The fourth-order valence-corrected chi connectivity index (χ4v) is 8.95.